The molecule has 2 aromatic rings. The van der Waals surface area contributed by atoms with Gasteiger partial charge in [-0.3, -0.25) is 4.79 Å². The maximum Gasteiger partial charge on any atom is 0.264 e. The zero-order valence-electron chi connectivity index (χ0n) is 13.2. The molecule has 4 heteroatoms. The van der Waals surface area contributed by atoms with Crippen LogP contribution in [0.4, 0.5) is 0 Å². The molecule has 1 fully saturated rings. The fourth-order valence-corrected chi connectivity index (χ4v) is 5.02. The van der Waals surface area contributed by atoms with Gasteiger partial charge in [-0.15, -0.1) is 11.3 Å². The Morgan fingerprint density at radius 1 is 1.13 bits per heavy atom. The molecule has 23 heavy (non-hydrogen) atoms. The second kappa shape index (κ2) is 6.10. The topological polar surface area (TPSA) is 46.3 Å². The van der Waals surface area contributed by atoms with Gasteiger partial charge < -0.3 is 10.6 Å². The van der Waals surface area contributed by atoms with Gasteiger partial charge in [0.2, 0.25) is 0 Å². The highest BCUT2D eigenvalue weighted by Gasteiger charge is 2.35. The fourth-order valence-electron chi connectivity index (χ4n) is 3.80. The number of aryl methyl sites for hydroxylation is 2. The summed E-state index contributed by atoms with van der Waals surface area (Å²) in [6, 6.07) is 12.5. The molecule has 3 nitrogen and oxygen atoms in total. The van der Waals surface area contributed by atoms with E-state index in [2.05, 4.69) is 18.2 Å². The number of fused-ring (bicyclic) bond motifs is 1. The van der Waals surface area contributed by atoms with E-state index < -0.39 is 0 Å². The van der Waals surface area contributed by atoms with Gasteiger partial charge in [0.25, 0.3) is 5.91 Å². The molecule has 1 saturated heterocycles. The lowest BCUT2D eigenvalue weighted by molar-refractivity contribution is 0.0794. The first-order valence-corrected chi connectivity index (χ1v) is 9.25. The van der Waals surface area contributed by atoms with Crippen molar-refractivity contribution in [3.8, 4) is 0 Å². The molecule has 1 aromatic carbocycles. The van der Waals surface area contributed by atoms with Gasteiger partial charge >= 0.3 is 0 Å². The SMILES string of the molecule is N[C@@H]1CN(C(=O)c2cc3c(s2)CCCC3)C[C@H]1c1ccccc1. The number of hydrogen-bond donors (Lipinski definition) is 1. The molecule has 0 spiro atoms. The normalized spacial score (nSPS) is 23.8. The van der Waals surface area contributed by atoms with E-state index in [9.17, 15) is 4.79 Å². The Bertz CT molecular complexity index is 686. The smallest absolute Gasteiger partial charge is 0.264 e. The van der Waals surface area contributed by atoms with Crippen LogP contribution in [0.15, 0.2) is 36.4 Å². The number of likely N-dealkylation sites (tertiary alicyclic amines) is 1. The molecule has 0 radical (unpaired) electrons. The molecule has 2 atom stereocenters. The van der Waals surface area contributed by atoms with Crippen LogP contribution in [0.25, 0.3) is 0 Å². The molecule has 2 N–H and O–H groups in total. The zero-order chi connectivity index (χ0) is 15.8. The number of hydrogen-bond acceptors (Lipinski definition) is 3. The summed E-state index contributed by atoms with van der Waals surface area (Å²) in [4.78, 5) is 17.1. The van der Waals surface area contributed by atoms with Crippen molar-refractivity contribution in [2.75, 3.05) is 13.1 Å². The summed E-state index contributed by atoms with van der Waals surface area (Å²) in [5, 5.41) is 0. The van der Waals surface area contributed by atoms with E-state index in [0.717, 1.165) is 24.3 Å². The van der Waals surface area contributed by atoms with Gasteiger partial charge in [0, 0.05) is 29.9 Å². The van der Waals surface area contributed by atoms with E-state index in [1.54, 1.807) is 11.3 Å². The molecule has 1 aromatic heterocycles. The van der Waals surface area contributed by atoms with Gasteiger partial charge in [0.1, 0.15) is 0 Å². The lowest BCUT2D eigenvalue weighted by atomic mass is 9.95. The summed E-state index contributed by atoms with van der Waals surface area (Å²) in [6.45, 7) is 1.38. The summed E-state index contributed by atoms with van der Waals surface area (Å²) in [6.07, 6.45) is 4.78. The number of carbonyl (C=O) groups excluding carboxylic acids is 1. The van der Waals surface area contributed by atoms with Crippen LogP contribution in [0.1, 0.15) is 44.4 Å². The molecule has 1 aliphatic heterocycles. The molecule has 4 rings (SSSR count). The van der Waals surface area contributed by atoms with Crippen molar-refractivity contribution in [2.45, 2.75) is 37.6 Å². The van der Waals surface area contributed by atoms with Crippen LogP contribution in [-0.4, -0.2) is 29.9 Å². The third-order valence-corrected chi connectivity index (χ3v) is 6.31. The molecular weight excluding hydrogens is 304 g/mol. The minimum atomic E-state index is 0.0240. The molecule has 0 bridgehead atoms. The molecule has 0 unspecified atom stereocenters. The van der Waals surface area contributed by atoms with Gasteiger partial charge in [0.05, 0.1) is 4.88 Å². The summed E-state index contributed by atoms with van der Waals surface area (Å²) in [5.41, 5.74) is 8.96. The van der Waals surface area contributed by atoms with Crippen LogP contribution >= 0.6 is 11.3 Å². The molecule has 1 aliphatic carbocycles. The minimum absolute atomic E-state index is 0.0240. The molecule has 120 valence electrons. The fraction of sp³-hybridized carbons (Fsp3) is 0.421. The number of benzene rings is 1. The highest BCUT2D eigenvalue weighted by atomic mass is 32.1. The van der Waals surface area contributed by atoms with Gasteiger partial charge in [-0.2, -0.15) is 0 Å². The number of rotatable bonds is 2. The van der Waals surface area contributed by atoms with Crippen molar-refractivity contribution in [1.82, 2.24) is 4.90 Å². The first kappa shape index (κ1) is 14.9. The van der Waals surface area contributed by atoms with E-state index in [1.807, 2.05) is 23.1 Å². The second-order valence-electron chi connectivity index (χ2n) is 6.66. The van der Waals surface area contributed by atoms with Crippen LogP contribution < -0.4 is 5.73 Å². The van der Waals surface area contributed by atoms with E-state index in [1.165, 1.54) is 28.8 Å². The first-order chi connectivity index (χ1) is 11.2. The van der Waals surface area contributed by atoms with Crippen LogP contribution in [-0.2, 0) is 12.8 Å². The van der Waals surface area contributed by atoms with E-state index >= 15 is 0 Å². The molecule has 2 aliphatic rings. The third-order valence-electron chi connectivity index (χ3n) is 5.09. The summed E-state index contributed by atoms with van der Waals surface area (Å²) in [5.74, 6) is 0.410. The number of thiophene rings is 1. The molecule has 1 amide bonds. The summed E-state index contributed by atoms with van der Waals surface area (Å²) < 4.78 is 0. The van der Waals surface area contributed by atoms with Crippen LogP contribution in [0.2, 0.25) is 0 Å². The monoisotopic (exact) mass is 326 g/mol. The number of amides is 1. The zero-order valence-corrected chi connectivity index (χ0v) is 14.0. The highest BCUT2D eigenvalue weighted by molar-refractivity contribution is 7.14. The van der Waals surface area contributed by atoms with Gasteiger partial charge in [-0.05, 0) is 42.9 Å². The molecule has 2 heterocycles. The van der Waals surface area contributed by atoms with E-state index in [-0.39, 0.29) is 17.9 Å². The summed E-state index contributed by atoms with van der Waals surface area (Å²) >= 11 is 1.70. The van der Waals surface area contributed by atoms with Gasteiger partial charge in [0.15, 0.2) is 0 Å². The predicted octanol–water partition coefficient (Wildman–Crippen LogP) is 3.19. The lowest BCUT2D eigenvalue weighted by Gasteiger charge is -2.15. The Balaban J connectivity index is 1.52. The Hall–Kier alpha value is -1.65. The van der Waals surface area contributed by atoms with Crippen molar-refractivity contribution in [2.24, 2.45) is 5.73 Å². The van der Waals surface area contributed by atoms with Gasteiger partial charge in [-0.1, -0.05) is 30.3 Å². The Labute approximate surface area is 141 Å². The van der Waals surface area contributed by atoms with Gasteiger partial charge in [-0.25, -0.2) is 0 Å². The number of nitrogens with two attached hydrogens (primary N) is 1. The second-order valence-corrected chi connectivity index (χ2v) is 7.79. The largest absolute Gasteiger partial charge is 0.336 e. The highest BCUT2D eigenvalue weighted by Crippen LogP contribution is 2.32. The van der Waals surface area contributed by atoms with E-state index in [0.29, 0.717) is 6.54 Å². The Morgan fingerprint density at radius 2 is 1.91 bits per heavy atom. The molecular formula is C19H22N2OS. The van der Waals surface area contributed by atoms with Crippen LogP contribution in [0.5, 0.6) is 0 Å². The molecule has 0 saturated carbocycles. The van der Waals surface area contributed by atoms with Crippen molar-refractivity contribution >= 4 is 17.2 Å². The average molecular weight is 326 g/mol. The number of nitrogens with zero attached hydrogens (tertiary/aromatic N) is 1. The maximum atomic E-state index is 12.9. The van der Waals surface area contributed by atoms with Crippen molar-refractivity contribution < 1.29 is 4.79 Å². The van der Waals surface area contributed by atoms with E-state index in [4.69, 9.17) is 5.73 Å². The van der Waals surface area contributed by atoms with Crippen molar-refractivity contribution in [3.63, 3.8) is 0 Å². The number of carbonyl (C=O) groups is 1. The Kier molecular flexibility index (Phi) is 3.95. The Morgan fingerprint density at radius 3 is 2.70 bits per heavy atom. The van der Waals surface area contributed by atoms with Crippen molar-refractivity contribution in [3.05, 3.63) is 57.3 Å². The quantitative estimate of drug-likeness (QED) is 0.921. The van der Waals surface area contributed by atoms with Crippen LogP contribution in [0, 0.1) is 0 Å². The lowest BCUT2D eigenvalue weighted by Crippen LogP contribution is -2.31. The third kappa shape index (κ3) is 2.81. The predicted molar refractivity (Wildman–Crippen MR) is 94.0 cm³/mol. The standard InChI is InChI=1S/C19H22N2OS/c20-16-12-21(11-15(16)13-6-2-1-3-7-13)19(22)18-10-14-8-4-5-9-17(14)23-18/h1-3,6-7,10,15-16H,4-5,8-9,11-12,20H2/t15-,16+/m0/s1. The first-order valence-electron chi connectivity index (χ1n) is 8.44. The maximum absolute atomic E-state index is 12.9. The minimum Gasteiger partial charge on any atom is -0.336 e. The average Bonchev–Trinajstić information content (AvgIpc) is 3.18. The summed E-state index contributed by atoms with van der Waals surface area (Å²) in [7, 11) is 0. The van der Waals surface area contributed by atoms with Crippen molar-refractivity contribution in [1.29, 1.82) is 0 Å². The van der Waals surface area contributed by atoms with Crippen LogP contribution in [0.3, 0.4) is 0 Å².